The van der Waals surface area contributed by atoms with E-state index in [9.17, 15) is 4.79 Å². The van der Waals surface area contributed by atoms with Crippen LogP contribution in [-0.2, 0) is 4.79 Å². The van der Waals surface area contributed by atoms with Gasteiger partial charge in [0.05, 0.1) is 13.2 Å². The van der Waals surface area contributed by atoms with E-state index in [0.29, 0.717) is 18.2 Å². The second-order valence-electron chi connectivity index (χ2n) is 6.47. The van der Waals surface area contributed by atoms with Gasteiger partial charge in [0.15, 0.2) is 0 Å². The van der Waals surface area contributed by atoms with E-state index in [1.807, 2.05) is 18.2 Å². The number of para-hydroxylation sites is 1. The Hall–Kier alpha value is -2.29. The van der Waals surface area contributed by atoms with Gasteiger partial charge in [-0.2, -0.15) is 0 Å². The van der Waals surface area contributed by atoms with E-state index in [4.69, 9.17) is 4.74 Å². The zero-order valence-electron chi connectivity index (χ0n) is 13.3. The number of ether oxygens (including phenoxy) is 1. The van der Waals surface area contributed by atoms with Crippen molar-refractivity contribution in [2.24, 2.45) is 5.92 Å². The zero-order valence-corrected chi connectivity index (χ0v) is 13.3. The van der Waals surface area contributed by atoms with Crippen molar-refractivity contribution in [3.05, 3.63) is 60.2 Å². The minimum Gasteiger partial charge on any atom is -0.497 e. The summed E-state index contributed by atoms with van der Waals surface area (Å²) in [4.78, 5) is 15.0. The largest absolute Gasteiger partial charge is 0.497 e. The zero-order chi connectivity index (χ0) is 15.8. The normalized spacial score (nSPS) is 26.4. The van der Waals surface area contributed by atoms with Crippen molar-refractivity contribution in [3.63, 3.8) is 0 Å². The second kappa shape index (κ2) is 5.73. The molecule has 0 amide bonds. The van der Waals surface area contributed by atoms with Crippen LogP contribution in [0.5, 0.6) is 5.75 Å². The van der Waals surface area contributed by atoms with E-state index >= 15 is 0 Å². The maximum Gasteiger partial charge on any atom is 0.140 e. The number of carbonyl (C=O) groups is 1. The molecule has 3 nitrogen and oxygen atoms in total. The van der Waals surface area contributed by atoms with E-state index < -0.39 is 0 Å². The average Bonchev–Trinajstić information content (AvgIpc) is 2.62. The summed E-state index contributed by atoms with van der Waals surface area (Å²) in [5, 5.41) is 0. The molecule has 3 atom stereocenters. The summed E-state index contributed by atoms with van der Waals surface area (Å²) in [5.41, 5.74) is 2.39. The van der Waals surface area contributed by atoms with Crippen LogP contribution >= 0.6 is 0 Å². The first-order chi connectivity index (χ1) is 11.3. The van der Waals surface area contributed by atoms with E-state index in [-0.39, 0.29) is 12.0 Å². The summed E-state index contributed by atoms with van der Waals surface area (Å²) in [6, 6.07) is 19.1. The first-order valence-corrected chi connectivity index (χ1v) is 8.28. The highest BCUT2D eigenvalue weighted by Gasteiger charge is 2.47. The molecule has 2 saturated heterocycles. The third kappa shape index (κ3) is 2.40. The summed E-state index contributed by atoms with van der Waals surface area (Å²) in [6.07, 6.45) is 2.78. The molecular formula is C20H21NO2. The van der Waals surface area contributed by atoms with Crippen molar-refractivity contribution in [3.8, 4) is 5.75 Å². The maximum atomic E-state index is 12.5. The number of rotatable bonds is 3. The lowest BCUT2D eigenvalue weighted by atomic mass is 9.71. The molecule has 23 heavy (non-hydrogen) atoms. The summed E-state index contributed by atoms with van der Waals surface area (Å²) in [6.45, 7) is 0. The molecule has 0 spiro atoms. The molecule has 1 aliphatic carbocycles. The Morgan fingerprint density at radius 1 is 1.04 bits per heavy atom. The van der Waals surface area contributed by atoms with Crippen molar-refractivity contribution in [2.45, 2.75) is 31.3 Å². The predicted octanol–water partition coefficient (Wildman–Crippen LogP) is 3.99. The quantitative estimate of drug-likeness (QED) is 0.858. The molecule has 3 fully saturated rings. The molecule has 3 aliphatic rings. The summed E-state index contributed by atoms with van der Waals surface area (Å²) in [5.74, 6) is 1.36. The van der Waals surface area contributed by atoms with Crippen molar-refractivity contribution in [1.82, 2.24) is 0 Å². The monoisotopic (exact) mass is 307 g/mol. The van der Waals surface area contributed by atoms with Crippen LogP contribution in [-0.4, -0.2) is 18.9 Å². The van der Waals surface area contributed by atoms with Crippen molar-refractivity contribution in [2.75, 3.05) is 12.0 Å². The molecule has 5 rings (SSSR count). The van der Waals surface area contributed by atoms with E-state index in [1.54, 1.807) is 7.11 Å². The lowest BCUT2D eigenvalue weighted by molar-refractivity contribution is -0.128. The lowest BCUT2D eigenvalue weighted by Crippen LogP contribution is -2.54. The fourth-order valence-electron chi connectivity index (χ4n) is 4.20. The van der Waals surface area contributed by atoms with Crippen LogP contribution in [0.4, 0.5) is 5.69 Å². The predicted molar refractivity (Wildman–Crippen MR) is 90.8 cm³/mol. The van der Waals surface area contributed by atoms with Gasteiger partial charge < -0.3 is 9.64 Å². The van der Waals surface area contributed by atoms with Crippen molar-refractivity contribution < 1.29 is 9.53 Å². The Bertz CT molecular complexity index is 713. The van der Waals surface area contributed by atoms with Gasteiger partial charge in [0.2, 0.25) is 0 Å². The second-order valence-corrected chi connectivity index (χ2v) is 6.47. The van der Waals surface area contributed by atoms with E-state index in [0.717, 1.165) is 18.6 Å². The standard InChI is InChI=1S/C20H21NO2/c1-23-17-9-5-6-14(12-17)20-18-11-10-16(13-19(18)22)21(20)15-7-3-2-4-8-15/h2-9,12,16,18,20H,10-11,13H2,1H3/t16-,18+,20-/m0/s1. The van der Waals surface area contributed by atoms with Crippen LogP contribution < -0.4 is 9.64 Å². The molecule has 2 heterocycles. The third-order valence-corrected chi connectivity index (χ3v) is 5.23. The van der Waals surface area contributed by atoms with Gasteiger partial charge in [0.25, 0.3) is 0 Å². The first kappa shape index (κ1) is 14.3. The van der Waals surface area contributed by atoms with Gasteiger partial charge in [-0.05, 0) is 42.7 Å². The summed E-state index contributed by atoms with van der Waals surface area (Å²) in [7, 11) is 1.69. The van der Waals surface area contributed by atoms with Crippen LogP contribution in [0.15, 0.2) is 54.6 Å². The number of hydrogen-bond acceptors (Lipinski definition) is 3. The number of benzene rings is 2. The Morgan fingerprint density at radius 2 is 1.87 bits per heavy atom. The van der Waals surface area contributed by atoms with Gasteiger partial charge in [-0.25, -0.2) is 0 Å². The number of anilines is 1. The number of carbonyl (C=O) groups excluding carboxylic acids is 1. The highest BCUT2D eigenvalue weighted by Crippen LogP contribution is 2.48. The SMILES string of the molecule is COc1cccc([C@H]2[C@@H]3CC[C@@H](CC3=O)N2c2ccccc2)c1. The Kier molecular flexibility index (Phi) is 3.56. The van der Waals surface area contributed by atoms with Gasteiger partial charge in [-0.3, -0.25) is 4.79 Å². The van der Waals surface area contributed by atoms with Gasteiger partial charge in [-0.15, -0.1) is 0 Å². The highest BCUT2D eigenvalue weighted by molar-refractivity contribution is 5.86. The van der Waals surface area contributed by atoms with Crippen LogP contribution in [0.25, 0.3) is 0 Å². The molecule has 0 unspecified atom stereocenters. The smallest absolute Gasteiger partial charge is 0.140 e. The number of ketones is 1. The molecule has 2 bridgehead atoms. The minimum absolute atomic E-state index is 0.0901. The minimum atomic E-state index is 0.0901. The molecule has 118 valence electrons. The third-order valence-electron chi connectivity index (χ3n) is 5.23. The summed E-state index contributed by atoms with van der Waals surface area (Å²) >= 11 is 0. The number of Topliss-reactive ketones (excluding diaryl/α,β-unsaturated/α-hetero) is 1. The van der Waals surface area contributed by atoms with Crippen LogP contribution in [0, 0.1) is 5.92 Å². The molecule has 2 aromatic carbocycles. The number of hydrogen-bond donors (Lipinski definition) is 0. The molecule has 2 aliphatic heterocycles. The topological polar surface area (TPSA) is 29.5 Å². The van der Waals surface area contributed by atoms with Gasteiger partial charge >= 0.3 is 0 Å². The van der Waals surface area contributed by atoms with Crippen molar-refractivity contribution >= 4 is 11.5 Å². The molecule has 3 heteroatoms. The lowest BCUT2D eigenvalue weighted by Gasteiger charge is -2.52. The van der Waals surface area contributed by atoms with Gasteiger partial charge in [0.1, 0.15) is 11.5 Å². The first-order valence-electron chi connectivity index (χ1n) is 8.28. The van der Waals surface area contributed by atoms with E-state index in [2.05, 4.69) is 41.3 Å². The highest BCUT2D eigenvalue weighted by atomic mass is 16.5. The average molecular weight is 307 g/mol. The Balaban J connectivity index is 1.80. The van der Waals surface area contributed by atoms with Gasteiger partial charge in [0, 0.05) is 24.1 Å². The fourth-order valence-corrected chi connectivity index (χ4v) is 4.20. The number of fused-ring (bicyclic) bond motifs is 3. The molecule has 0 radical (unpaired) electrons. The summed E-state index contributed by atoms with van der Waals surface area (Å²) < 4.78 is 5.39. The molecule has 0 aromatic heterocycles. The van der Waals surface area contributed by atoms with E-state index in [1.165, 1.54) is 11.3 Å². The number of nitrogens with zero attached hydrogens (tertiary/aromatic N) is 1. The number of methoxy groups -OCH3 is 1. The van der Waals surface area contributed by atoms with Crippen LogP contribution in [0.2, 0.25) is 0 Å². The Morgan fingerprint density at radius 3 is 2.61 bits per heavy atom. The molecule has 2 aromatic rings. The Labute approximate surface area is 136 Å². The van der Waals surface area contributed by atoms with Crippen LogP contribution in [0.3, 0.4) is 0 Å². The van der Waals surface area contributed by atoms with Crippen molar-refractivity contribution in [1.29, 1.82) is 0 Å². The fraction of sp³-hybridized carbons (Fsp3) is 0.350. The van der Waals surface area contributed by atoms with Gasteiger partial charge in [-0.1, -0.05) is 30.3 Å². The molecular weight excluding hydrogens is 286 g/mol. The van der Waals surface area contributed by atoms with Crippen LogP contribution in [0.1, 0.15) is 30.9 Å². The molecule has 1 saturated carbocycles. The maximum absolute atomic E-state index is 12.5. The number of piperidine rings is 2. The molecule has 0 N–H and O–H groups in total.